The van der Waals surface area contributed by atoms with Crippen LogP contribution in [-0.2, 0) is 16.1 Å². The summed E-state index contributed by atoms with van der Waals surface area (Å²) in [7, 11) is 0. The van der Waals surface area contributed by atoms with Crippen LogP contribution in [0.2, 0.25) is 5.02 Å². The normalized spacial score (nSPS) is 14.0. The van der Waals surface area contributed by atoms with E-state index in [-0.39, 0.29) is 40.2 Å². The molecule has 1 aliphatic rings. The first kappa shape index (κ1) is 22.6. The molecule has 170 valence electrons. The van der Waals surface area contributed by atoms with Crippen molar-refractivity contribution in [3.63, 3.8) is 0 Å². The van der Waals surface area contributed by atoms with Crippen molar-refractivity contribution in [3.8, 4) is 5.75 Å². The predicted octanol–water partition coefficient (Wildman–Crippen LogP) is 5.08. The van der Waals surface area contributed by atoms with Gasteiger partial charge in [-0.2, -0.15) is 0 Å². The minimum absolute atomic E-state index is 0.0125. The van der Waals surface area contributed by atoms with E-state index >= 15 is 0 Å². The number of esters is 1. The Balaban J connectivity index is 1.46. The zero-order valence-corrected chi connectivity index (χ0v) is 18.0. The van der Waals surface area contributed by atoms with Gasteiger partial charge in [0.15, 0.2) is 5.70 Å². The van der Waals surface area contributed by atoms with E-state index in [1.54, 1.807) is 36.4 Å². The highest BCUT2D eigenvalue weighted by atomic mass is 35.5. The SMILES string of the molecule is O=C1OC(c2ccc([N+](=O)[O-])cc2Cl)=N/C1=C\c1ccc(OCc2cccc([N+](=O)[O-])c2)cc1. The van der Waals surface area contributed by atoms with E-state index in [9.17, 15) is 25.0 Å². The molecule has 0 unspecified atom stereocenters. The molecule has 11 heteroatoms. The average molecular weight is 480 g/mol. The molecule has 0 saturated carbocycles. The average Bonchev–Trinajstić information content (AvgIpc) is 3.18. The van der Waals surface area contributed by atoms with E-state index in [2.05, 4.69) is 4.99 Å². The van der Waals surface area contributed by atoms with Gasteiger partial charge in [-0.15, -0.1) is 0 Å². The third-order valence-corrected chi connectivity index (χ3v) is 5.04. The zero-order chi connectivity index (χ0) is 24.2. The van der Waals surface area contributed by atoms with Gasteiger partial charge in [-0.05, 0) is 35.4 Å². The molecule has 3 aromatic carbocycles. The fourth-order valence-electron chi connectivity index (χ4n) is 3.06. The minimum atomic E-state index is -0.685. The lowest BCUT2D eigenvalue weighted by Crippen LogP contribution is -2.06. The van der Waals surface area contributed by atoms with Crippen LogP contribution in [0.5, 0.6) is 5.75 Å². The molecule has 3 aromatic rings. The van der Waals surface area contributed by atoms with Gasteiger partial charge < -0.3 is 9.47 Å². The van der Waals surface area contributed by atoms with E-state index in [1.807, 2.05) is 0 Å². The molecular weight excluding hydrogens is 466 g/mol. The number of nitrogens with zero attached hydrogens (tertiary/aromatic N) is 3. The second-order valence-electron chi connectivity index (χ2n) is 7.04. The summed E-state index contributed by atoms with van der Waals surface area (Å²) in [6.07, 6.45) is 1.51. The van der Waals surface area contributed by atoms with E-state index in [0.29, 0.717) is 16.9 Å². The molecule has 0 radical (unpaired) electrons. The van der Waals surface area contributed by atoms with Crippen molar-refractivity contribution in [1.82, 2.24) is 0 Å². The third-order valence-electron chi connectivity index (χ3n) is 4.72. The number of halogens is 1. The highest BCUT2D eigenvalue weighted by molar-refractivity contribution is 6.34. The monoisotopic (exact) mass is 479 g/mol. The van der Waals surface area contributed by atoms with Gasteiger partial charge in [0.25, 0.3) is 11.4 Å². The summed E-state index contributed by atoms with van der Waals surface area (Å²) in [5.41, 5.74) is 1.39. The van der Waals surface area contributed by atoms with Crippen molar-refractivity contribution < 1.29 is 24.1 Å². The number of non-ortho nitro benzene ring substituents is 2. The van der Waals surface area contributed by atoms with Gasteiger partial charge in [-0.1, -0.05) is 35.9 Å². The van der Waals surface area contributed by atoms with Crippen LogP contribution in [0.15, 0.2) is 77.4 Å². The summed E-state index contributed by atoms with van der Waals surface area (Å²) in [5.74, 6) is -0.201. The van der Waals surface area contributed by atoms with Crippen molar-refractivity contribution in [1.29, 1.82) is 0 Å². The summed E-state index contributed by atoms with van der Waals surface area (Å²) in [6, 6.07) is 16.7. The van der Waals surface area contributed by atoms with Crippen LogP contribution in [0, 0.1) is 20.2 Å². The topological polar surface area (TPSA) is 134 Å². The van der Waals surface area contributed by atoms with Crippen LogP contribution < -0.4 is 4.74 Å². The molecule has 0 aromatic heterocycles. The number of carbonyl (C=O) groups is 1. The Morgan fingerprint density at radius 2 is 1.68 bits per heavy atom. The fourth-order valence-corrected chi connectivity index (χ4v) is 3.32. The molecule has 0 amide bonds. The molecule has 34 heavy (non-hydrogen) atoms. The van der Waals surface area contributed by atoms with E-state index < -0.39 is 15.8 Å². The Morgan fingerprint density at radius 1 is 0.971 bits per heavy atom. The van der Waals surface area contributed by atoms with Crippen LogP contribution in [0.1, 0.15) is 16.7 Å². The molecule has 4 rings (SSSR count). The number of rotatable bonds is 7. The minimum Gasteiger partial charge on any atom is -0.489 e. The molecule has 0 atom stereocenters. The van der Waals surface area contributed by atoms with Crippen molar-refractivity contribution in [3.05, 3.63) is 114 Å². The first-order chi connectivity index (χ1) is 16.3. The molecule has 1 heterocycles. The van der Waals surface area contributed by atoms with E-state index in [1.165, 1.54) is 30.3 Å². The Morgan fingerprint density at radius 3 is 2.35 bits per heavy atom. The van der Waals surface area contributed by atoms with E-state index in [0.717, 1.165) is 6.07 Å². The van der Waals surface area contributed by atoms with Crippen LogP contribution in [0.3, 0.4) is 0 Å². The third kappa shape index (κ3) is 5.08. The van der Waals surface area contributed by atoms with Crippen LogP contribution >= 0.6 is 11.6 Å². The van der Waals surface area contributed by atoms with Crippen molar-refractivity contribution in [2.45, 2.75) is 6.61 Å². The fraction of sp³-hybridized carbons (Fsp3) is 0.0435. The maximum atomic E-state index is 12.2. The van der Waals surface area contributed by atoms with Gasteiger partial charge in [0, 0.05) is 24.3 Å². The van der Waals surface area contributed by atoms with Gasteiger partial charge in [0.05, 0.1) is 20.4 Å². The molecule has 10 nitrogen and oxygen atoms in total. The number of ether oxygens (including phenoxy) is 2. The Hall–Kier alpha value is -4.57. The molecular formula is C23H14ClN3O7. The Labute approximate surface area is 197 Å². The number of cyclic esters (lactones) is 1. The smallest absolute Gasteiger partial charge is 0.363 e. The van der Waals surface area contributed by atoms with Crippen molar-refractivity contribution in [2.75, 3.05) is 0 Å². The predicted molar refractivity (Wildman–Crippen MR) is 123 cm³/mol. The number of aliphatic imine (C=N–C) groups is 1. The first-order valence-corrected chi connectivity index (χ1v) is 10.1. The molecule has 0 N–H and O–H groups in total. The molecule has 0 aliphatic carbocycles. The lowest BCUT2D eigenvalue weighted by Gasteiger charge is -2.06. The van der Waals surface area contributed by atoms with Crippen LogP contribution in [0.25, 0.3) is 6.08 Å². The zero-order valence-electron chi connectivity index (χ0n) is 17.2. The molecule has 0 spiro atoms. The molecule has 1 aliphatic heterocycles. The summed E-state index contributed by atoms with van der Waals surface area (Å²) in [4.78, 5) is 37.1. The van der Waals surface area contributed by atoms with Crippen molar-refractivity contribution >= 4 is 40.9 Å². The maximum Gasteiger partial charge on any atom is 0.363 e. The highest BCUT2D eigenvalue weighted by Crippen LogP contribution is 2.27. The standard InChI is InChI=1S/C23H14ClN3O7/c24-20-12-17(27(31)32)6-9-19(20)22-25-21(23(28)34-22)11-14-4-7-18(8-5-14)33-13-15-2-1-3-16(10-15)26(29)30/h1-12H,13H2/b21-11-. The quantitative estimate of drug-likeness (QED) is 0.199. The van der Waals surface area contributed by atoms with Gasteiger partial charge in [0.1, 0.15) is 12.4 Å². The summed E-state index contributed by atoms with van der Waals surface area (Å²) < 4.78 is 10.8. The van der Waals surface area contributed by atoms with Gasteiger partial charge in [0.2, 0.25) is 5.90 Å². The number of nitro benzene ring substituents is 2. The lowest BCUT2D eigenvalue weighted by atomic mass is 10.2. The van der Waals surface area contributed by atoms with Gasteiger partial charge >= 0.3 is 5.97 Å². The lowest BCUT2D eigenvalue weighted by molar-refractivity contribution is -0.385. The largest absolute Gasteiger partial charge is 0.489 e. The van der Waals surface area contributed by atoms with Crippen molar-refractivity contribution in [2.24, 2.45) is 4.99 Å². The van der Waals surface area contributed by atoms with Crippen LogP contribution in [-0.4, -0.2) is 21.7 Å². The number of nitro groups is 2. The number of carbonyl (C=O) groups excluding carboxylic acids is 1. The summed E-state index contributed by atoms with van der Waals surface area (Å²) in [6.45, 7) is 0.151. The Kier molecular flexibility index (Phi) is 6.33. The summed E-state index contributed by atoms with van der Waals surface area (Å²) >= 11 is 6.08. The van der Waals surface area contributed by atoms with Crippen LogP contribution in [0.4, 0.5) is 11.4 Å². The Bertz CT molecular complexity index is 1370. The second-order valence-corrected chi connectivity index (χ2v) is 7.45. The number of benzene rings is 3. The second kappa shape index (κ2) is 9.51. The maximum absolute atomic E-state index is 12.2. The number of hydrogen-bond donors (Lipinski definition) is 0. The first-order valence-electron chi connectivity index (χ1n) is 9.73. The van der Waals surface area contributed by atoms with Gasteiger partial charge in [-0.3, -0.25) is 20.2 Å². The molecule has 0 fully saturated rings. The summed E-state index contributed by atoms with van der Waals surface area (Å²) in [5, 5.41) is 21.8. The molecule has 0 bridgehead atoms. The molecule has 0 saturated heterocycles. The number of hydrogen-bond acceptors (Lipinski definition) is 8. The van der Waals surface area contributed by atoms with E-state index in [4.69, 9.17) is 21.1 Å². The van der Waals surface area contributed by atoms with Gasteiger partial charge in [-0.25, -0.2) is 9.79 Å². The highest BCUT2D eigenvalue weighted by Gasteiger charge is 2.26.